The van der Waals surface area contributed by atoms with Crippen molar-refractivity contribution in [3.63, 3.8) is 0 Å². The summed E-state index contributed by atoms with van der Waals surface area (Å²) in [6.45, 7) is 0.673. The SMILES string of the molecule is O=C(CCCCCn1cc(Nc2nccc(-c3cc(F)cc(F)c3)n2)cn1)NO. The van der Waals surface area contributed by atoms with Crippen LogP contribution in [0.25, 0.3) is 11.3 Å². The van der Waals surface area contributed by atoms with Crippen LogP contribution < -0.4 is 10.8 Å². The molecule has 0 aliphatic heterocycles. The molecule has 0 saturated heterocycles. The molecule has 29 heavy (non-hydrogen) atoms. The minimum atomic E-state index is -0.675. The Hall–Kier alpha value is -3.40. The highest BCUT2D eigenvalue weighted by Crippen LogP contribution is 2.21. The number of anilines is 2. The number of unbranched alkanes of at least 4 members (excludes halogenated alkanes) is 2. The molecule has 0 aliphatic carbocycles. The third kappa shape index (κ3) is 6.04. The number of carbonyl (C=O) groups excluding carboxylic acids is 1. The van der Waals surface area contributed by atoms with Gasteiger partial charge >= 0.3 is 0 Å². The zero-order chi connectivity index (χ0) is 20.6. The number of aryl methyl sites for hydroxylation is 1. The summed E-state index contributed by atoms with van der Waals surface area (Å²) in [6, 6.07) is 4.79. The van der Waals surface area contributed by atoms with Crippen molar-refractivity contribution in [3.8, 4) is 11.3 Å². The predicted octanol–water partition coefficient (Wildman–Crippen LogP) is 3.43. The van der Waals surface area contributed by atoms with Crippen molar-refractivity contribution in [2.24, 2.45) is 0 Å². The van der Waals surface area contributed by atoms with E-state index < -0.39 is 17.5 Å². The lowest BCUT2D eigenvalue weighted by molar-refractivity contribution is -0.129. The van der Waals surface area contributed by atoms with Gasteiger partial charge in [0.2, 0.25) is 11.9 Å². The average Bonchev–Trinajstić information content (AvgIpc) is 3.14. The zero-order valence-electron chi connectivity index (χ0n) is 15.5. The largest absolute Gasteiger partial charge is 0.321 e. The van der Waals surface area contributed by atoms with Gasteiger partial charge in [0, 0.05) is 37.0 Å². The van der Waals surface area contributed by atoms with E-state index in [9.17, 15) is 13.6 Å². The van der Waals surface area contributed by atoms with E-state index in [1.54, 1.807) is 28.6 Å². The first-order chi connectivity index (χ1) is 14.0. The van der Waals surface area contributed by atoms with E-state index >= 15 is 0 Å². The summed E-state index contributed by atoms with van der Waals surface area (Å²) in [5.74, 6) is -1.46. The van der Waals surface area contributed by atoms with Gasteiger partial charge in [-0.05, 0) is 31.0 Å². The molecule has 152 valence electrons. The van der Waals surface area contributed by atoms with Crippen LogP contribution in [0.15, 0.2) is 42.9 Å². The molecule has 0 unspecified atom stereocenters. The summed E-state index contributed by atoms with van der Waals surface area (Å²) in [7, 11) is 0. The molecule has 8 nitrogen and oxygen atoms in total. The second kappa shape index (κ2) is 9.69. The first kappa shape index (κ1) is 20.3. The summed E-state index contributed by atoms with van der Waals surface area (Å²) in [5, 5.41) is 15.7. The molecule has 0 aliphatic rings. The molecule has 0 atom stereocenters. The molecule has 0 saturated carbocycles. The first-order valence-corrected chi connectivity index (χ1v) is 9.05. The van der Waals surface area contributed by atoms with Crippen molar-refractivity contribution in [3.05, 3.63) is 54.5 Å². The predicted molar refractivity (Wildman–Crippen MR) is 101 cm³/mol. The van der Waals surface area contributed by atoms with E-state index in [1.807, 2.05) is 0 Å². The molecule has 1 aromatic carbocycles. The minimum absolute atomic E-state index is 0.279. The molecule has 2 aromatic heterocycles. The van der Waals surface area contributed by atoms with Crippen LogP contribution in [-0.4, -0.2) is 30.9 Å². The fraction of sp³-hybridized carbons (Fsp3) is 0.263. The Morgan fingerprint density at radius 1 is 1.14 bits per heavy atom. The summed E-state index contributed by atoms with van der Waals surface area (Å²) in [6.07, 6.45) is 7.53. The maximum Gasteiger partial charge on any atom is 0.243 e. The highest BCUT2D eigenvalue weighted by atomic mass is 19.1. The molecule has 0 radical (unpaired) electrons. The van der Waals surface area contributed by atoms with Crippen LogP contribution in [0.4, 0.5) is 20.4 Å². The number of carbonyl (C=O) groups is 1. The Bertz CT molecular complexity index is 959. The monoisotopic (exact) mass is 402 g/mol. The van der Waals surface area contributed by atoms with Crippen molar-refractivity contribution >= 4 is 17.5 Å². The molecule has 1 amide bonds. The number of amides is 1. The van der Waals surface area contributed by atoms with Gasteiger partial charge < -0.3 is 5.32 Å². The smallest absolute Gasteiger partial charge is 0.243 e. The van der Waals surface area contributed by atoms with E-state index in [-0.39, 0.29) is 12.4 Å². The van der Waals surface area contributed by atoms with Crippen LogP contribution in [0.3, 0.4) is 0 Å². The molecule has 0 spiro atoms. The summed E-state index contributed by atoms with van der Waals surface area (Å²) in [5.41, 5.74) is 2.99. The van der Waals surface area contributed by atoms with Gasteiger partial charge in [-0.25, -0.2) is 24.2 Å². The van der Waals surface area contributed by atoms with Crippen LogP contribution in [0.1, 0.15) is 25.7 Å². The molecule has 10 heteroatoms. The third-order valence-electron chi connectivity index (χ3n) is 4.12. The average molecular weight is 402 g/mol. The lowest BCUT2D eigenvalue weighted by Crippen LogP contribution is -2.17. The second-order valence-electron chi connectivity index (χ2n) is 6.39. The van der Waals surface area contributed by atoms with Gasteiger partial charge in [-0.15, -0.1) is 0 Å². The van der Waals surface area contributed by atoms with E-state index in [1.165, 1.54) is 18.3 Å². The fourth-order valence-corrected chi connectivity index (χ4v) is 2.75. The molecular formula is C19H20F2N6O2. The number of aromatic nitrogens is 4. The molecular weight excluding hydrogens is 382 g/mol. The molecule has 3 N–H and O–H groups in total. The van der Waals surface area contributed by atoms with Gasteiger partial charge in [-0.2, -0.15) is 5.10 Å². The van der Waals surface area contributed by atoms with E-state index in [2.05, 4.69) is 20.4 Å². The van der Waals surface area contributed by atoms with Crippen LogP contribution in [-0.2, 0) is 11.3 Å². The Morgan fingerprint density at radius 3 is 2.69 bits per heavy atom. The van der Waals surface area contributed by atoms with Crippen molar-refractivity contribution in [2.45, 2.75) is 32.2 Å². The quantitative estimate of drug-likeness (QED) is 0.288. The van der Waals surface area contributed by atoms with Gasteiger partial charge in [-0.3, -0.25) is 14.7 Å². The molecule has 0 bridgehead atoms. The van der Waals surface area contributed by atoms with Crippen LogP contribution >= 0.6 is 0 Å². The Kier molecular flexibility index (Phi) is 6.80. The van der Waals surface area contributed by atoms with Crippen molar-refractivity contribution in [2.75, 3.05) is 5.32 Å². The van der Waals surface area contributed by atoms with Gasteiger partial charge in [0.1, 0.15) is 11.6 Å². The molecule has 3 aromatic rings. The van der Waals surface area contributed by atoms with Crippen molar-refractivity contribution < 1.29 is 18.8 Å². The lowest BCUT2D eigenvalue weighted by Gasteiger charge is -2.05. The van der Waals surface area contributed by atoms with Crippen LogP contribution in [0.5, 0.6) is 0 Å². The van der Waals surface area contributed by atoms with Gasteiger partial charge in [0.25, 0.3) is 0 Å². The normalized spacial score (nSPS) is 10.7. The maximum atomic E-state index is 13.4. The Balaban J connectivity index is 1.56. The van der Waals surface area contributed by atoms with Gasteiger partial charge in [0.05, 0.1) is 17.6 Å². The highest BCUT2D eigenvalue weighted by Gasteiger charge is 2.07. The molecule has 0 fully saturated rings. The number of halogens is 2. The number of hydroxylamine groups is 1. The van der Waals surface area contributed by atoms with Crippen molar-refractivity contribution in [1.29, 1.82) is 0 Å². The first-order valence-electron chi connectivity index (χ1n) is 9.05. The Morgan fingerprint density at radius 2 is 1.93 bits per heavy atom. The number of benzene rings is 1. The summed E-state index contributed by atoms with van der Waals surface area (Å²) < 4.78 is 28.6. The number of hydrogen-bond donors (Lipinski definition) is 3. The fourth-order valence-electron chi connectivity index (χ4n) is 2.75. The number of nitrogens with one attached hydrogen (secondary N) is 2. The number of rotatable bonds is 9. The Labute approximate surface area is 165 Å². The topological polar surface area (TPSA) is 105 Å². The van der Waals surface area contributed by atoms with Crippen LogP contribution in [0.2, 0.25) is 0 Å². The molecule has 2 heterocycles. The summed E-state index contributed by atoms with van der Waals surface area (Å²) >= 11 is 0. The minimum Gasteiger partial charge on any atom is -0.321 e. The number of hydrogen-bond acceptors (Lipinski definition) is 6. The van der Waals surface area contributed by atoms with E-state index in [0.29, 0.717) is 29.9 Å². The van der Waals surface area contributed by atoms with Crippen LogP contribution in [0, 0.1) is 11.6 Å². The molecule has 3 rings (SSSR count). The highest BCUT2D eigenvalue weighted by molar-refractivity contribution is 5.74. The van der Waals surface area contributed by atoms with E-state index in [0.717, 1.165) is 18.9 Å². The van der Waals surface area contributed by atoms with Gasteiger partial charge in [0.15, 0.2) is 0 Å². The second-order valence-corrected chi connectivity index (χ2v) is 6.39. The zero-order valence-corrected chi connectivity index (χ0v) is 15.5. The third-order valence-corrected chi connectivity index (χ3v) is 4.12. The van der Waals surface area contributed by atoms with Crippen molar-refractivity contribution in [1.82, 2.24) is 25.2 Å². The standard InChI is InChI=1S/C19H20F2N6O2/c20-14-8-13(9-15(21)10-14)17-5-6-22-19(25-17)24-16-11-23-27(12-16)7-3-1-2-4-18(28)26-29/h5-6,8-12,29H,1-4,7H2,(H,26,28)(H,22,24,25). The number of nitrogens with zero attached hydrogens (tertiary/aromatic N) is 4. The summed E-state index contributed by atoms with van der Waals surface area (Å²) in [4.78, 5) is 19.3. The lowest BCUT2D eigenvalue weighted by atomic mass is 10.1. The van der Waals surface area contributed by atoms with Gasteiger partial charge in [-0.1, -0.05) is 6.42 Å². The van der Waals surface area contributed by atoms with E-state index in [4.69, 9.17) is 5.21 Å². The maximum absolute atomic E-state index is 13.4.